The Kier molecular flexibility index (Phi) is 6.97. The number of nitrogens with zero attached hydrogens (tertiary/aromatic N) is 5. The first kappa shape index (κ1) is 25.6. The lowest BCUT2D eigenvalue weighted by atomic mass is 10.2. The average molecular weight is 534 g/mol. The number of likely N-dealkylation sites (tertiary alicyclic amines) is 1. The van der Waals surface area contributed by atoms with Crippen molar-refractivity contribution in [1.82, 2.24) is 29.3 Å². The van der Waals surface area contributed by atoms with Crippen LogP contribution in [0.4, 0.5) is 23.9 Å². The number of benzene rings is 1. The number of fused-ring (bicyclic) bond motifs is 1. The van der Waals surface area contributed by atoms with E-state index < -0.39 is 12.5 Å². The number of imidazole rings is 2. The highest BCUT2D eigenvalue weighted by Crippen LogP contribution is 2.52. The Bertz CT molecular complexity index is 1270. The number of aryl methyl sites for hydroxylation is 1. The SMILES string of the molecule is Cn1cnc(OC(=O)N(Cc2cccc(OC(F)(F)F)c2)CC2C3CN(CC(=O)Nc4ncc[nH]4)CC32)c1. The molecule has 1 saturated heterocycles. The van der Waals surface area contributed by atoms with E-state index in [0.29, 0.717) is 43.0 Å². The zero-order valence-corrected chi connectivity index (χ0v) is 20.4. The fraction of sp³-hybridized carbons (Fsp3) is 0.417. The van der Waals surface area contributed by atoms with Crippen molar-refractivity contribution >= 4 is 17.9 Å². The van der Waals surface area contributed by atoms with Crippen LogP contribution in [-0.2, 0) is 18.4 Å². The molecular weight excluding hydrogens is 507 g/mol. The van der Waals surface area contributed by atoms with Crippen molar-refractivity contribution < 1.29 is 32.2 Å². The minimum absolute atomic E-state index is 0.0337. The molecule has 11 nitrogen and oxygen atoms in total. The van der Waals surface area contributed by atoms with Crippen LogP contribution >= 0.6 is 0 Å². The summed E-state index contributed by atoms with van der Waals surface area (Å²) in [7, 11) is 1.74. The van der Waals surface area contributed by atoms with Crippen LogP contribution in [0.15, 0.2) is 49.2 Å². The molecule has 1 saturated carbocycles. The van der Waals surface area contributed by atoms with Crippen LogP contribution < -0.4 is 14.8 Å². The highest BCUT2D eigenvalue weighted by Gasteiger charge is 2.56. The van der Waals surface area contributed by atoms with Gasteiger partial charge in [-0.05, 0) is 35.4 Å². The first-order chi connectivity index (χ1) is 18.1. The third-order valence-electron chi connectivity index (χ3n) is 6.64. The molecule has 0 bridgehead atoms. The maximum atomic E-state index is 13.1. The Morgan fingerprint density at radius 2 is 2.03 bits per heavy atom. The van der Waals surface area contributed by atoms with E-state index >= 15 is 0 Å². The van der Waals surface area contributed by atoms with Gasteiger partial charge in [0.25, 0.3) is 0 Å². The summed E-state index contributed by atoms with van der Waals surface area (Å²) in [5, 5.41) is 2.70. The molecule has 202 valence electrons. The number of piperidine rings is 1. The maximum absolute atomic E-state index is 13.1. The molecule has 3 heterocycles. The Hall–Kier alpha value is -4.07. The van der Waals surface area contributed by atoms with E-state index in [1.165, 1.54) is 29.4 Å². The Morgan fingerprint density at radius 3 is 2.68 bits per heavy atom. The van der Waals surface area contributed by atoms with Gasteiger partial charge in [0.1, 0.15) is 5.75 Å². The van der Waals surface area contributed by atoms with Crippen LogP contribution in [0.1, 0.15) is 5.56 Å². The van der Waals surface area contributed by atoms with Crippen molar-refractivity contribution in [3.8, 4) is 11.6 Å². The molecule has 2 fully saturated rings. The van der Waals surface area contributed by atoms with Crippen molar-refractivity contribution in [2.45, 2.75) is 12.9 Å². The number of carbonyl (C=O) groups excluding carboxylic acids is 2. The van der Waals surface area contributed by atoms with Gasteiger partial charge in [-0.1, -0.05) is 12.1 Å². The second-order valence-electron chi connectivity index (χ2n) is 9.49. The first-order valence-electron chi connectivity index (χ1n) is 11.9. The molecule has 5 rings (SSSR count). The maximum Gasteiger partial charge on any atom is 0.573 e. The van der Waals surface area contributed by atoms with Gasteiger partial charge >= 0.3 is 12.5 Å². The van der Waals surface area contributed by atoms with Crippen LogP contribution in [0.3, 0.4) is 0 Å². The number of H-pyrrole nitrogens is 1. The number of alkyl halides is 3. The van der Waals surface area contributed by atoms with E-state index in [1.54, 1.807) is 36.3 Å². The number of hydrogen-bond donors (Lipinski definition) is 2. The van der Waals surface area contributed by atoms with Gasteiger partial charge < -0.3 is 23.9 Å². The lowest BCUT2D eigenvalue weighted by Crippen LogP contribution is -2.38. The number of aromatic amines is 1. The van der Waals surface area contributed by atoms with Crippen LogP contribution in [0.2, 0.25) is 0 Å². The number of carbonyl (C=O) groups is 2. The minimum atomic E-state index is -4.82. The summed E-state index contributed by atoms with van der Waals surface area (Å²) in [5.41, 5.74) is 0.465. The molecule has 2 atom stereocenters. The second kappa shape index (κ2) is 10.4. The monoisotopic (exact) mass is 533 g/mol. The summed E-state index contributed by atoms with van der Waals surface area (Å²) < 4.78 is 49.1. The first-order valence-corrected chi connectivity index (χ1v) is 11.9. The highest BCUT2D eigenvalue weighted by atomic mass is 19.4. The number of nitrogens with one attached hydrogen (secondary N) is 2. The molecule has 38 heavy (non-hydrogen) atoms. The molecule has 2 amide bonds. The van der Waals surface area contributed by atoms with Gasteiger partial charge in [0.15, 0.2) is 0 Å². The summed E-state index contributed by atoms with van der Waals surface area (Å²) >= 11 is 0. The van der Waals surface area contributed by atoms with E-state index in [-0.39, 0.29) is 36.5 Å². The average Bonchev–Trinajstić information content (AvgIpc) is 3.30. The van der Waals surface area contributed by atoms with Crippen molar-refractivity contribution in [3.05, 3.63) is 54.7 Å². The molecule has 2 aliphatic rings. The molecule has 1 aromatic carbocycles. The van der Waals surface area contributed by atoms with Gasteiger partial charge in [0.2, 0.25) is 17.7 Å². The Labute approximate surface area is 215 Å². The highest BCUT2D eigenvalue weighted by molar-refractivity contribution is 5.90. The molecule has 2 unspecified atom stereocenters. The zero-order valence-electron chi connectivity index (χ0n) is 20.4. The lowest BCUT2D eigenvalue weighted by Gasteiger charge is -2.24. The summed E-state index contributed by atoms with van der Waals surface area (Å²) in [6.07, 6.45) is 0.747. The minimum Gasteiger partial charge on any atom is -0.406 e. The van der Waals surface area contributed by atoms with Crippen molar-refractivity contribution in [2.75, 3.05) is 31.5 Å². The second-order valence-corrected chi connectivity index (χ2v) is 9.49. The number of anilines is 1. The number of hydrogen-bond acceptors (Lipinski definition) is 7. The molecule has 14 heteroatoms. The van der Waals surface area contributed by atoms with E-state index in [9.17, 15) is 22.8 Å². The van der Waals surface area contributed by atoms with E-state index in [1.807, 2.05) is 0 Å². The molecule has 2 aromatic heterocycles. The van der Waals surface area contributed by atoms with E-state index in [4.69, 9.17) is 4.74 Å². The number of rotatable bonds is 9. The molecule has 0 spiro atoms. The van der Waals surface area contributed by atoms with Crippen LogP contribution in [0.5, 0.6) is 11.6 Å². The lowest BCUT2D eigenvalue weighted by molar-refractivity contribution is -0.274. The van der Waals surface area contributed by atoms with Crippen molar-refractivity contribution in [2.24, 2.45) is 24.8 Å². The normalized spacial score (nSPS) is 20.6. The molecule has 1 aliphatic heterocycles. The van der Waals surface area contributed by atoms with E-state index in [0.717, 1.165) is 0 Å². The van der Waals surface area contributed by atoms with Crippen LogP contribution in [0, 0.1) is 17.8 Å². The molecular formula is C24H26F3N7O4. The van der Waals surface area contributed by atoms with Crippen molar-refractivity contribution in [1.29, 1.82) is 0 Å². The van der Waals surface area contributed by atoms with E-state index in [2.05, 4.69) is 29.9 Å². The van der Waals surface area contributed by atoms with Gasteiger partial charge in [-0.25, -0.2) is 14.8 Å². The summed E-state index contributed by atoms with van der Waals surface area (Å²) in [6, 6.07) is 5.52. The van der Waals surface area contributed by atoms with Crippen LogP contribution in [0.25, 0.3) is 0 Å². The zero-order chi connectivity index (χ0) is 26.9. The third kappa shape index (κ3) is 6.43. The Morgan fingerprint density at radius 1 is 1.24 bits per heavy atom. The third-order valence-corrected chi connectivity index (χ3v) is 6.64. The van der Waals surface area contributed by atoms with Gasteiger partial charge in [-0.15, -0.1) is 13.2 Å². The van der Waals surface area contributed by atoms with Gasteiger partial charge in [-0.3, -0.25) is 15.0 Å². The molecule has 3 aromatic rings. The quantitative estimate of drug-likeness (QED) is 0.434. The smallest absolute Gasteiger partial charge is 0.406 e. The largest absolute Gasteiger partial charge is 0.573 e. The van der Waals surface area contributed by atoms with Crippen molar-refractivity contribution in [3.63, 3.8) is 0 Å². The molecule has 1 aliphatic carbocycles. The summed E-state index contributed by atoms with van der Waals surface area (Å²) in [4.78, 5) is 39.7. The van der Waals surface area contributed by atoms with Gasteiger partial charge in [-0.2, -0.15) is 0 Å². The standard InChI is InChI=1S/C24H26F3N7O4/c1-32-13-21(30-14-32)37-23(36)34(8-15-3-2-4-16(7-15)38-24(25,26)27)11-19-17-9-33(10-18(17)19)12-20(35)31-22-28-5-6-29-22/h2-7,13-14,17-19H,8-12H2,1H3,(H2,28,29,31,35). The molecule has 2 N–H and O–H groups in total. The summed E-state index contributed by atoms with van der Waals surface area (Å²) in [5.74, 6) is 0.780. The number of aromatic nitrogens is 4. The van der Waals surface area contributed by atoms with Crippen LogP contribution in [-0.4, -0.2) is 73.9 Å². The fourth-order valence-corrected chi connectivity index (χ4v) is 4.96. The predicted molar refractivity (Wildman–Crippen MR) is 127 cm³/mol. The number of halogens is 3. The number of amides is 2. The number of ether oxygens (including phenoxy) is 2. The summed E-state index contributed by atoms with van der Waals surface area (Å²) in [6.45, 7) is 2.04. The predicted octanol–water partition coefficient (Wildman–Crippen LogP) is 2.86. The molecule has 0 radical (unpaired) electrons. The fourth-order valence-electron chi connectivity index (χ4n) is 4.96. The topological polar surface area (TPSA) is 118 Å². The van der Waals surface area contributed by atoms with Gasteiger partial charge in [0.05, 0.1) is 19.1 Å². The van der Waals surface area contributed by atoms with Gasteiger partial charge in [0, 0.05) is 45.6 Å². The Balaban J connectivity index is 1.20.